The molecule has 1 aliphatic heterocycles. The number of nitrogens with zero attached hydrogens (tertiary/aromatic N) is 2. The first-order valence-electron chi connectivity index (χ1n) is 7.31. The summed E-state index contributed by atoms with van der Waals surface area (Å²) < 4.78 is 5.03. The minimum atomic E-state index is -0.449. The first kappa shape index (κ1) is 15.6. The van der Waals surface area contributed by atoms with Crippen molar-refractivity contribution in [3.05, 3.63) is 58.7 Å². The molecule has 3 rings (SSSR count). The van der Waals surface area contributed by atoms with Crippen molar-refractivity contribution in [3.63, 3.8) is 0 Å². The zero-order chi connectivity index (χ0) is 17.3. The third kappa shape index (κ3) is 2.57. The Kier molecular flexibility index (Phi) is 3.92. The third-order valence-corrected chi connectivity index (χ3v) is 3.97. The van der Waals surface area contributed by atoms with E-state index in [0.717, 1.165) is 4.90 Å². The number of ether oxygens (including phenoxy) is 1. The van der Waals surface area contributed by atoms with Crippen molar-refractivity contribution < 1.29 is 19.4 Å². The highest BCUT2D eigenvalue weighted by atomic mass is 16.5. The van der Waals surface area contributed by atoms with E-state index in [1.807, 2.05) is 6.07 Å². The molecule has 1 N–H and O–H groups in total. The van der Waals surface area contributed by atoms with Gasteiger partial charge >= 0.3 is 0 Å². The van der Waals surface area contributed by atoms with Crippen molar-refractivity contribution in [1.29, 1.82) is 5.26 Å². The number of phenolic OH excluding ortho intramolecular Hbond substituents is 1. The molecule has 2 aromatic rings. The van der Waals surface area contributed by atoms with E-state index in [-0.39, 0.29) is 23.6 Å². The van der Waals surface area contributed by atoms with E-state index in [1.54, 1.807) is 18.2 Å². The van der Waals surface area contributed by atoms with Gasteiger partial charge in [0.15, 0.2) is 11.5 Å². The molecule has 1 aliphatic rings. The van der Waals surface area contributed by atoms with E-state index >= 15 is 0 Å². The molecule has 0 bridgehead atoms. The average Bonchev–Trinajstić information content (AvgIpc) is 2.61. The number of aromatic hydroxyl groups is 1. The lowest BCUT2D eigenvalue weighted by Gasteiger charge is -2.27. The molecule has 0 saturated carbocycles. The highest BCUT2D eigenvalue weighted by molar-refractivity contribution is 6.11. The Balaban J connectivity index is 1.96. The topological polar surface area (TPSA) is 90.6 Å². The number of fused-ring (bicyclic) bond motifs is 1. The number of imide groups is 1. The van der Waals surface area contributed by atoms with Gasteiger partial charge in [0, 0.05) is 17.7 Å². The fourth-order valence-electron chi connectivity index (χ4n) is 2.73. The van der Waals surface area contributed by atoms with Crippen LogP contribution in [0.4, 0.5) is 0 Å². The predicted octanol–water partition coefficient (Wildman–Crippen LogP) is 2.11. The maximum Gasteiger partial charge on any atom is 0.261 e. The minimum absolute atomic E-state index is 0.0365. The van der Waals surface area contributed by atoms with Crippen molar-refractivity contribution in [2.45, 2.75) is 6.42 Å². The van der Waals surface area contributed by atoms with E-state index in [4.69, 9.17) is 10.00 Å². The van der Waals surface area contributed by atoms with Crippen LogP contribution in [0.15, 0.2) is 36.4 Å². The molecule has 0 aliphatic carbocycles. The standard InChI is InChI=1S/C18H14N2O4/c1-24-16-9-14-12(8-15(16)21)5-6-20(18(14)23)17(22)13-4-2-3-11(7-13)10-19/h2-4,7-9,21H,5-6H2,1H3. The van der Waals surface area contributed by atoms with Crippen LogP contribution < -0.4 is 4.74 Å². The molecular weight excluding hydrogens is 308 g/mol. The maximum absolute atomic E-state index is 12.7. The van der Waals surface area contributed by atoms with E-state index < -0.39 is 11.8 Å². The zero-order valence-electron chi connectivity index (χ0n) is 12.9. The summed E-state index contributed by atoms with van der Waals surface area (Å²) in [4.78, 5) is 26.4. The average molecular weight is 322 g/mol. The number of methoxy groups -OCH3 is 1. The Morgan fingerprint density at radius 3 is 2.83 bits per heavy atom. The van der Waals surface area contributed by atoms with Gasteiger partial charge in [0.1, 0.15) is 0 Å². The summed E-state index contributed by atoms with van der Waals surface area (Å²) >= 11 is 0. The van der Waals surface area contributed by atoms with Gasteiger partial charge in [0.2, 0.25) is 0 Å². The van der Waals surface area contributed by atoms with Crippen molar-refractivity contribution in [2.75, 3.05) is 13.7 Å². The molecule has 0 spiro atoms. The Bertz CT molecular complexity index is 883. The Morgan fingerprint density at radius 1 is 1.33 bits per heavy atom. The summed E-state index contributed by atoms with van der Waals surface area (Å²) in [5.41, 5.74) is 1.66. The summed E-state index contributed by atoms with van der Waals surface area (Å²) in [7, 11) is 1.39. The molecule has 6 nitrogen and oxygen atoms in total. The number of amides is 2. The Labute approximate surface area is 138 Å². The number of hydrogen-bond acceptors (Lipinski definition) is 5. The highest BCUT2D eigenvalue weighted by Gasteiger charge is 2.31. The molecular formula is C18H14N2O4. The van der Waals surface area contributed by atoms with Crippen LogP contribution in [-0.4, -0.2) is 35.5 Å². The molecule has 6 heteroatoms. The third-order valence-electron chi connectivity index (χ3n) is 3.97. The fraction of sp³-hybridized carbons (Fsp3) is 0.167. The van der Waals surface area contributed by atoms with Gasteiger partial charge in [-0.25, -0.2) is 0 Å². The first-order valence-corrected chi connectivity index (χ1v) is 7.31. The molecule has 0 saturated heterocycles. The summed E-state index contributed by atoms with van der Waals surface area (Å²) in [6, 6.07) is 11.1. The van der Waals surface area contributed by atoms with Gasteiger partial charge < -0.3 is 9.84 Å². The number of rotatable bonds is 2. The number of nitriles is 1. The minimum Gasteiger partial charge on any atom is -0.504 e. The van der Waals surface area contributed by atoms with Crippen LogP contribution in [-0.2, 0) is 6.42 Å². The van der Waals surface area contributed by atoms with Gasteiger partial charge in [0.05, 0.1) is 18.7 Å². The van der Waals surface area contributed by atoms with E-state index in [9.17, 15) is 14.7 Å². The van der Waals surface area contributed by atoms with E-state index in [1.165, 1.54) is 25.3 Å². The van der Waals surface area contributed by atoms with Gasteiger partial charge in [0.25, 0.3) is 11.8 Å². The number of carbonyl (C=O) groups is 2. The van der Waals surface area contributed by atoms with Gasteiger partial charge in [-0.3, -0.25) is 14.5 Å². The second-order valence-corrected chi connectivity index (χ2v) is 5.39. The van der Waals surface area contributed by atoms with Crippen LogP contribution >= 0.6 is 0 Å². The molecule has 1 heterocycles. The summed E-state index contributed by atoms with van der Waals surface area (Å²) in [6.07, 6.45) is 0.447. The Hall–Kier alpha value is -3.33. The molecule has 0 unspecified atom stereocenters. The van der Waals surface area contributed by atoms with Crippen molar-refractivity contribution in [3.8, 4) is 17.6 Å². The maximum atomic E-state index is 12.7. The van der Waals surface area contributed by atoms with E-state index in [2.05, 4.69) is 0 Å². The molecule has 0 aromatic heterocycles. The molecule has 120 valence electrons. The van der Waals surface area contributed by atoms with Gasteiger partial charge in [-0.15, -0.1) is 0 Å². The second kappa shape index (κ2) is 6.05. The van der Waals surface area contributed by atoms with Crippen molar-refractivity contribution in [2.24, 2.45) is 0 Å². The Morgan fingerprint density at radius 2 is 2.12 bits per heavy atom. The summed E-state index contributed by atoms with van der Waals surface area (Å²) in [5, 5.41) is 18.8. The number of benzene rings is 2. The number of carbonyl (C=O) groups excluding carboxylic acids is 2. The second-order valence-electron chi connectivity index (χ2n) is 5.39. The lowest BCUT2D eigenvalue weighted by atomic mass is 9.97. The lowest BCUT2D eigenvalue weighted by molar-refractivity contribution is 0.0604. The number of hydrogen-bond donors (Lipinski definition) is 1. The van der Waals surface area contributed by atoms with Crippen molar-refractivity contribution >= 4 is 11.8 Å². The largest absolute Gasteiger partial charge is 0.504 e. The summed E-state index contributed by atoms with van der Waals surface area (Å²) in [5.74, 6) is -0.745. The van der Waals surface area contributed by atoms with E-state index in [0.29, 0.717) is 23.1 Å². The zero-order valence-corrected chi connectivity index (χ0v) is 12.9. The van der Waals surface area contributed by atoms with Gasteiger partial charge in [-0.05, 0) is 42.3 Å². The fourth-order valence-corrected chi connectivity index (χ4v) is 2.73. The lowest BCUT2D eigenvalue weighted by Crippen LogP contribution is -2.42. The first-order chi connectivity index (χ1) is 11.5. The van der Waals surface area contributed by atoms with Gasteiger partial charge in [-0.2, -0.15) is 5.26 Å². The SMILES string of the molecule is COc1cc2c(cc1O)CCN(C(=O)c1cccc(C#N)c1)C2=O. The highest BCUT2D eigenvalue weighted by Crippen LogP contribution is 2.32. The molecule has 0 atom stereocenters. The molecule has 2 aromatic carbocycles. The van der Waals surface area contributed by atoms with Crippen LogP contribution in [0, 0.1) is 11.3 Å². The normalized spacial score (nSPS) is 13.2. The van der Waals surface area contributed by atoms with Crippen LogP contribution in [0.3, 0.4) is 0 Å². The van der Waals surface area contributed by atoms with Crippen LogP contribution in [0.2, 0.25) is 0 Å². The quantitative estimate of drug-likeness (QED) is 0.855. The molecule has 0 radical (unpaired) electrons. The van der Waals surface area contributed by atoms with Crippen LogP contribution in [0.1, 0.15) is 31.8 Å². The smallest absolute Gasteiger partial charge is 0.261 e. The van der Waals surface area contributed by atoms with Crippen LogP contribution in [0.25, 0.3) is 0 Å². The molecule has 0 fully saturated rings. The monoisotopic (exact) mass is 322 g/mol. The predicted molar refractivity (Wildman–Crippen MR) is 84.9 cm³/mol. The van der Waals surface area contributed by atoms with Gasteiger partial charge in [-0.1, -0.05) is 6.07 Å². The van der Waals surface area contributed by atoms with Crippen LogP contribution in [0.5, 0.6) is 11.5 Å². The molecule has 2 amide bonds. The number of phenols is 1. The van der Waals surface area contributed by atoms with Crippen molar-refractivity contribution in [1.82, 2.24) is 4.90 Å². The summed E-state index contributed by atoms with van der Waals surface area (Å²) in [6.45, 7) is 0.215. The molecule has 24 heavy (non-hydrogen) atoms.